The third-order valence-electron chi connectivity index (χ3n) is 4.78. The second-order valence-electron chi connectivity index (χ2n) is 7.06. The number of hydrogen-bond acceptors (Lipinski definition) is 6. The zero-order valence-corrected chi connectivity index (χ0v) is 16.9. The second-order valence-corrected chi connectivity index (χ2v) is 7.06. The van der Waals surface area contributed by atoms with E-state index in [0.717, 1.165) is 28.6 Å². The molecule has 0 aliphatic carbocycles. The van der Waals surface area contributed by atoms with Gasteiger partial charge in [-0.2, -0.15) is 0 Å². The molecular weight excluding hydrogens is 376 g/mol. The van der Waals surface area contributed by atoms with Gasteiger partial charge in [-0.15, -0.1) is 0 Å². The van der Waals surface area contributed by atoms with Gasteiger partial charge in [0.05, 0.1) is 11.2 Å². The molecule has 0 unspecified atom stereocenters. The van der Waals surface area contributed by atoms with Gasteiger partial charge in [0, 0.05) is 43.3 Å². The van der Waals surface area contributed by atoms with Gasteiger partial charge >= 0.3 is 0 Å². The first-order valence-electron chi connectivity index (χ1n) is 9.71. The molecule has 3 aromatic heterocycles. The first-order chi connectivity index (χ1) is 14.6. The zero-order chi connectivity index (χ0) is 20.9. The minimum Gasteiger partial charge on any atom is -0.340 e. The number of nitrogens with one attached hydrogen (secondary N) is 1. The molecule has 0 saturated carbocycles. The number of rotatable bonds is 6. The number of nitrogens with zero attached hydrogens (tertiary/aromatic N) is 5. The summed E-state index contributed by atoms with van der Waals surface area (Å²) in [6.07, 6.45) is 6.01. The molecule has 7 heteroatoms. The Labute approximate surface area is 174 Å². The van der Waals surface area contributed by atoms with Crippen LogP contribution in [0.2, 0.25) is 0 Å². The van der Waals surface area contributed by atoms with E-state index in [2.05, 4.69) is 25.3 Å². The molecule has 0 aliphatic rings. The van der Waals surface area contributed by atoms with Gasteiger partial charge < -0.3 is 10.2 Å². The summed E-state index contributed by atoms with van der Waals surface area (Å²) in [6, 6.07) is 15.4. The van der Waals surface area contributed by atoms with E-state index in [1.54, 1.807) is 36.6 Å². The van der Waals surface area contributed by atoms with Gasteiger partial charge in [0.25, 0.3) is 5.91 Å². The molecule has 0 spiro atoms. The maximum Gasteiger partial charge on any atom is 0.272 e. The molecule has 150 valence electrons. The number of anilines is 2. The van der Waals surface area contributed by atoms with Crippen LogP contribution in [0.15, 0.2) is 67.1 Å². The van der Waals surface area contributed by atoms with Crippen LogP contribution in [0, 0.1) is 6.92 Å². The quantitative estimate of drug-likeness (QED) is 0.532. The highest BCUT2D eigenvalue weighted by molar-refractivity contribution is 5.93. The van der Waals surface area contributed by atoms with Crippen molar-refractivity contribution in [2.45, 2.75) is 13.3 Å². The Balaban J connectivity index is 1.53. The molecule has 0 fully saturated rings. The molecule has 0 aliphatic heterocycles. The highest BCUT2D eigenvalue weighted by Gasteiger charge is 2.16. The SMILES string of the molecule is Cc1cc(C(=O)N(C)CCc2ccncc2)nc(Nc2cccc3cccnc23)n1. The summed E-state index contributed by atoms with van der Waals surface area (Å²) in [6.45, 7) is 2.43. The lowest BCUT2D eigenvalue weighted by Crippen LogP contribution is -2.30. The summed E-state index contributed by atoms with van der Waals surface area (Å²) in [5.74, 6) is 0.229. The van der Waals surface area contributed by atoms with Gasteiger partial charge in [0.1, 0.15) is 5.69 Å². The molecular formula is C23H22N6O. The Bertz CT molecular complexity index is 1170. The van der Waals surface area contributed by atoms with Crippen LogP contribution in [0.5, 0.6) is 0 Å². The molecule has 7 nitrogen and oxygen atoms in total. The molecule has 1 aromatic carbocycles. The fourth-order valence-electron chi connectivity index (χ4n) is 3.20. The summed E-state index contributed by atoms with van der Waals surface area (Å²) in [4.78, 5) is 32.0. The lowest BCUT2D eigenvalue weighted by molar-refractivity contribution is 0.0790. The normalized spacial score (nSPS) is 10.7. The highest BCUT2D eigenvalue weighted by Crippen LogP contribution is 2.23. The predicted octanol–water partition coefficient (Wildman–Crippen LogP) is 3.79. The Morgan fingerprint density at radius 2 is 1.83 bits per heavy atom. The van der Waals surface area contributed by atoms with Crippen molar-refractivity contribution in [1.29, 1.82) is 0 Å². The lowest BCUT2D eigenvalue weighted by atomic mass is 10.2. The number of fused-ring (bicyclic) bond motifs is 1. The minimum atomic E-state index is -0.145. The summed E-state index contributed by atoms with van der Waals surface area (Å²) in [7, 11) is 1.78. The van der Waals surface area contributed by atoms with E-state index in [1.807, 2.05) is 49.4 Å². The number of carbonyl (C=O) groups is 1. The molecule has 4 aromatic rings. The van der Waals surface area contributed by atoms with Gasteiger partial charge in [0.15, 0.2) is 0 Å². The van der Waals surface area contributed by atoms with Crippen LogP contribution < -0.4 is 5.32 Å². The number of aryl methyl sites for hydroxylation is 1. The fraction of sp³-hybridized carbons (Fsp3) is 0.174. The molecule has 0 atom stereocenters. The van der Waals surface area contributed by atoms with Crippen LogP contribution >= 0.6 is 0 Å². The lowest BCUT2D eigenvalue weighted by Gasteiger charge is -2.17. The number of aromatic nitrogens is 4. The fourth-order valence-corrected chi connectivity index (χ4v) is 3.20. The largest absolute Gasteiger partial charge is 0.340 e. The van der Waals surface area contributed by atoms with E-state index in [9.17, 15) is 4.79 Å². The number of carbonyl (C=O) groups excluding carboxylic acids is 1. The molecule has 1 N–H and O–H groups in total. The highest BCUT2D eigenvalue weighted by atomic mass is 16.2. The molecule has 1 amide bonds. The number of pyridine rings is 2. The second kappa shape index (κ2) is 8.65. The Morgan fingerprint density at radius 1 is 1.03 bits per heavy atom. The number of amides is 1. The van der Waals surface area contributed by atoms with Crippen LogP contribution in [0.4, 0.5) is 11.6 Å². The number of likely N-dealkylation sites (N-methyl/N-ethyl adjacent to an activating group) is 1. The standard InChI is InChI=1S/C23H22N6O/c1-16-15-20(22(30)29(2)14-10-17-8-12-24-13-9-17)28-23(26-16)27-19-7-3-5-18-6-4-11-25-21(18)19/h3-9,11-13,15H,10,14H2,1-2H3,(H,26,27,28). The van der Waals surface area contributed by atoms with Crippen molar-refractivity contribution in [3.8, 4) is 0 Å². The maximum atomic E-state index is 12.9. The van der Waals surface area contributed by atoms with Gasteiger partial charge in [-0.1, -0.05) is 18.2 Å². The van der Waals surface area contributed by atoms with E-state index in [-0.39, 0.29) is 5.91 Å². The Hall–Kier alpha value is -3.87. The molecule has 0 bridgehead atoms. The summed E-state index contributed by atoms with van der Waals surface area (Å²) in [5.41, 5.74) is 3.83. The van der Waals surface area contributed by atoms with Crippen molar-refractivity contribution in [3.63, 3.8) is 0 Å². The third kappa shape index (κ3) is 4.41. The van der Waals surface area contributed by atoms with Crippen molar-refractivity contribution >= 4 is 28.4 Å². The monoisotopic (exact) mass is 398 g/mol. The topological polar surface area (TPSA) is 83.9 Å². The summed E-state index contributed by atoms with van der Waals surface area (Å²) >= 11 is 0. The average Bonchev–Trinajstić information content (AvgIpc) is 2.77. The van der Waals surface area contributed by atoms with Gasteiger partial charge in [-0.25, -0.2) is 9.97 Å². The first kappa shape index (κ1) is 19.4. The van der Waals surface area contributed by atoms with Gasteiger partial charge in [-0.05, 0) is 49.2 Å². The van der Waals surface area contributed by atoms with Gasteiger partial charge in [-0.3, -0.25) is 14.8 Å². The van der Waals surface area contributed by atoms with Crippen molar-refractivity contribution < 1.29 is 4.79 Å². The Kier molecular flexibility index (Phi) is 5.61. The van der Waals surface area contributed by atoms with Crippen LogP contribution in [-0.2, 0) is 6.42 Å². The van der Waals surface area contributed by atoms with Crippen molar-refractivity contribution in [2.75, 3.05) is 18.9 Å². The molecule has 0 saturated heterocycles. The zero-order valence-electron chi connectivity index (χ0n) is 16.9. The maximum absolute atomic E-state index is 12.9. The van der Waals surface area contributed by atoms with Crippen LogP contribution in [0.1, 0.15) is 21.7 Å². The predicted molar refractivity (Wildman–Crippen MR) is 117 cm³/mol. The van der Waals surface area contributed by atoms with Crippen molar-refractivity contribution in [1.82, 2.24) is 24.8 Å². The number of hydrogen-bond donors (Lipinski definition) is 1. The van der Waals surface area contributed by atoms with Gasteiger partial charge in [0.2, 0.25) is 5.95 Å². The number of benzene rings is 1. The summed E-state index contributed by atoms with van der Waals surface area (Å²) < 4.78 is 0. The third-order valence-corrected chi connectivity index (χ3v) is 4.78. The van der Waals surface area contributed by atoms with Crippen LogP contribution in [0.3, 0.4) is 0 Å². The minimum absolute atomic E-state index is 0.145. The van der Waals surface area contributed by atoms with Crippen molar-refractivity contribution in [3.05, 3.63) is 84.1 Å². The molecule has 0 radical (unpaired) electrons. The molecule has 30 heavy (non-hydrogen) atoms. The van der Waals surface area contributed by atoms with Crippen LogP contribution in [0.25, 0.3) is 10.9 Å². The van der Waals surface area contributed by atoms with E-state index >= 15 is 0 Å². The van der Waals surface area contributed by atoms with E-state index in [4.69, 9.17) is 0 Å². The van der Waals surface area contributed by atoms with Crippen LogP contribution in [-0.4, -0.2) is 44.3 Å². The number of para-hydroxylation sites is 1. The average molecular weight is 398 g/mol. The van der Waals surface area contributed by atoms with E-state index in [1.165, 1.54) is 0 Å². The van der Waals surface area contributed by atoms with E-state index < -0.39 is 0 Å². The van der Waals surface area contributed by atoms with Crippen molar-refractivity contribution in [2.24, 2.45) is 0 Å². The summed E-state index contributed by atoms with van der Waals surface area (Å²) in [5, 5.41) is 4.23. The first-order valence-corrected chi connectivity index (χ1v) is 9.71. The molecule has 3 heterocycles. The smallest absolute Gasteiger partial charge is 0.272 e. The van der Waals surface area contributed by atoms with E-state index in [0.29, 0.717) is 23.9 Å². The molecule has 4 rings (SSSR count). The Morgan fingerprint density at radius 3 is 2.67 bits per heavy atom.